The average Bonchev–Trinajstić information content (AvgIpc) is 3.00. The first-order valence-electron chi connectivity index (χ1n) is 9.68. The summed E-state index contributed by atoms with van der Waals surface area (Å²) in [7, 11) is -7.10. The Morgan fingerprint density at radius 1 is 1.07 bits per heavy atom. The number of aromatic nitrogens is 1. The second-order valence-electron chi connectivity index (χ2n) is 7.82. The molecule has 29 heavy (non-hydrogen) atoms. The van der Waals surface area contributed by atoms with Gasteiger partial charge in [-0.05, 0) is 39.5 Å². The number of nitrogens with zero attached hydrogens (tertiary/aromatic N) is 3. The van der Waals surface area contributed by atoms with Gasteiger partial charge in [-0.2, -0.15) is 4.31 Å². The van der Waals surface area contributed by atoms with Crippen LogP contribution in [0.15, 0.2) is 9.42 Å². The van der Waals surface area contributed by atoms with Crippen LogP contribution in [0.25, 0.3) is 0 Å². The van der Waals surface area contributed by atoms with Crippen LogP contribution in [0.4, 0.5) is 0 Å². The van der Waals surface area contributed by atoms with Crippen LogP contribution in [0.2, 0.25) is 0 Å². The van der Waals surface area contributed by atoms with E-state index in [2.05, 4.69) is 10.5 Å². The van der Waals surface area contributed by atoms with Crippen LogP contribution >= 0.6 is 0 Å². The van der Waals surface area contributed by atoms with Crippen molar-refractivity contribution < 1.29 is 26.2 Å². The van der Waals surface area contributed by atoms with Gasteiger partial charge in [0.15, 0.2) is 5.76 Å². The first-order valence-corrected chi connectivity index (χ1v) is 13.0. The summed E-state index contributed by atoms with van der Waals surface area (Å²) in [6, 6.07) is -0.263. The standard InChI is InChI=1S/C17H28N4O6S2/c1-12-16(13(2)27-19-12)29(25,26)21-9-4-6-14(10-21)17(22)18-15-7-5-8-20(11-15)28(3,23)24/h14-15H,4-11H2,1-3H3,(H,18,22). The zero-order chi connectivity index (χ0) is 21.4. The van der Waals surface area contributed by atoms with E-state index in [1.54, 1.807) is 13.8 Å². The molecule has 1 aromatic heterocycles. The summed E-state index contributed by atoms with van der Waals surface area (Å²) in [5.41, 5.74) is 0.303. The lowest BCUT2D eigenvalue weighted by Crippen LogP contribution is -2.52. The van der Waals surface area contributed by atoms with Crippen molar-refractivity contribution in [1.29, 1.82) is 0 Å². The molecule has 2 atom stereocenters. The van der Waals surface area contributed by atoms with Crippen molar-refractivity contribution in [3.63, 3.8) is 0 Å². The Morgan fingerprint density at radius 3 is 2.34 bits per heavy atom. The molecule has 1 amide bonds. The van der Waals surface area contributed by atoms with Crippen molar-refractivity contribution in [1.82, 2.24) is 19.1 Å². The highest BCUT2D eigenvalue weighted by Gasteiger charge is 2.37. The summed E-state index contributed by atoms with van der Waals surface area (Å²) in [6.07, 6.45) is 3.69. The molecule has 2 unspecified atom stereocenters. The number of sulfonamides is 2. The lowest BCUT2D eigenvalue weighted by atomic mass is 9.97. The van der Waals surface area contributed by atoms with E-state index in [0.29, 0.717) is 44.5 Å². The van der Waals surface area contributed by atoms with Crippen LogP contribution in [0.3, 0.4) is 0 Å². The van der Waals surface area contributed by atoms with Crippen LogP contribution in [-0.2, 0) is 24.8 Å². The molecule has 2 aliphatic heterocycles. The maximum absolute atomic E-state index is 13.0. The van der Waals surface area contributed by atoms with Gasteiger partial charge >= 0.3 is 0 Å². The smallest absolute Gasteiger partial charge is 0.248 e. The lowest BCUT2D eigenvalue weighted by Gasteiger charge is -2.34. The molecule has 10 nitrogen and oxygen atoms in total. The van der Waals surface area contributed by atoms with Gasteiger partial charge in [-0.15, -0.1) is 0 Å². The average molecular weight is 449 g/mol. The molecule has 12 heteroatoms. The van der Waals surface area contributed by atoms with Crippen LogP contribution in [0, 0.1) is 19.8 Å². The number of carbonyl (C=O) groups excluding carboxylic acids is 1. The Hall–Kier alpha value is -1.50. The van der Waals surface area contributed by atoms with E-state index in [0.717, 1.165) is 6.26 Å². The summed E-state index contributed by atoms with van der Waals surface area (Å²) < 4.78 is 57.3. The summed E-state index contributed by atoms with van der Waals surface area (Å²) in [5.74, 6) is -0.478. The van der Waals surface area contributed by atoms with Gasteiger partial charge in [-0.1, -0.05) is 5.16 Å². The van der Waals surface area contributed by atoms with Crippen molar-refractivity contribution in [3.8, 4) is 0 Å². The number of aryl methyl sites for hydroxylation is 2. The van der Waals surface area contributed by atoms with E-state index in [9.17, 15) is 21.6 Å². The minimum absolute atomic E-state index is 0.0645. The van der Waals surface area contributed by atoms with Gasteiger partial charge < -0.3 is 9.84 Å². The maximum Gasteiger partial charge on any atom is 0.248 e. The van der Waals surface area contributed by atoms with E-state index in [-0.39, 0.29) is 35.7 Å². The van der Waals surface area contributed by atoms with Gasteiger partial charge in [0.25, 0.3) is 0 Å². The third-order valence-corrected chi connectivity index (χ3v) is 8.90. The number of carbonyl (C=O) groups is 1. The zero-order valence-corrected chi connectivity index (χ0v) is 18.6. The highest BCUT2D eigenvalue weighted by Crippen LogP contribution is 2.28. The topological polar surface area (TPSA) is 130 Å². The van der Waals surface area contributed by atoms with Crippen LogP contribution in [-0.4, -0.2) is 75.0 Å². The van der Waals surface area contributed by atoms with Gasteiger partial charge in [0.1, 0.15) is 10.6 Å². The largest absolute Gasteiger partial charge is 0.360 e. The Labute approximate surface area is 171 Å². The SMILES string of the molecule is Cc1noc(C)c1S(=O)(=O)N1CCCC(C(=O)NC2CCCN(S(C)(=O)=O)C2)C1. The Morgan fingerprint density at radius 2 is 1.72 bits per heavy atom. The number of piperidine rings is 2. The molecular formula is C17H28N4O6S2. The molecule has 0 bridgehead atoms. The minimum Gasteiger partial charge on any atom is -0.360 e. The molecule has 0 saturated carbocycles. The molecule has 1 aromatic rings. The predicted octanol–water partition coefficient (Wildman–Crippen LogP) is 0.232. The second-order valence-corrected chi connectivity index (χ2v) is 11.7. The molecule has 3 heterocycles. The van der Waals surface area contributed by atoms with Gasteiger partial charge in [0.2, 0.25) is 26.0 Å². The summed E-state index contributed by atoms with van der Waals surface area (Å²) >= 11 is 0. The van der Waals surface area contributed by atoms with Gasteiger partial charge in [0.05, 0.1) is 12.2 Å². The molecular weight excluding hydrogens is 420 g/mol. The molecule has 0 radical (unpaired) electrons. The molecule has 0 aliphatic carbocycles. The molecule has 2 aliphatic rings. The Balaban J connectivity index is 1.67. The molecule has 164 valence electrons. The fourth-order valence-electron chi connectivity index (χ4n) is 4.03. The number of hydrogen-bond donors (Lipinski definition) is 1. The molecule has 3 rings (SSSR count). The van der Waals surface area contributed by atoms with E-state index in [4.69, 9.17) is 4.52 Å². The van der Waals surface area contributed by atoms with E-state index >= 15 is 0 Å². The maximum atomic E-state index is 13.0. The summed E-state index contributed by atoms with van der Waals surface area (Å²) in [6.45, 7) is 4.25. The Kier molecular flexibility index (Phi) is 6.37. The first-order chi connectivity index (χ1) is 13.5. The highest BCUT2D eigenvalue weighted by atomic mass is 32.2. The van der Waals surface area contributed by atoms with Crippen LogP contribution in [0.1, 0.15) is 37.1 Å². The number of hydrogen-bond acceptors (Lipinski definition) is 7. The van der Waals surface area contributed by atoms with E-state index in [1.807, 2.05) is 0 Å². The molecule has 2 fully saturated rings. The normalized spacial score (nSPS) is 25.1. The van der Waals surface area contributed by atoms with Crippen LogP contribution < -0.4 is 5.32 Å². The second kappa shape index (κ2) is 8.32. The van der Waals surface area contributed by atoms with Gasteiger partial charge in [0, 0.05) is 32.2 Å². The first kappa shape index (κ1) is 22.2. The Bertz CT molecular complexity index is 953. The van der Waals surface area contributed by atoms with Gasteiger partial charge in [-0.3, -0.25) is 4.79 Å². The van der Waals surface area contributed by atoms with Crippen LogP contribution in [0.5, 0.6) is 0 Å². The lowest BCUT2D eigenvalue weighted by molar-refractivity contribution is -0.127. The summed E-state index contributed by atoms with van der Waals surface area (Å²) in [5, 5.41) is 6.64. The summed E-state index contributed by atoms with van der Waals surface area (Å²) in [4.78, 5) is 12.8. The van der Waals surface area contributed by atoms with Crippen molar-refractivity contribution in [2.45, 2.75) is 50.5 Å². The third kappa shape index (κ3) is 4.81. The molecule has 1 N–H and O–H groups in total. The number of amides is 1. The van der Waals surface area contributed by atoms with E-state index in [1.165, 1.54) is 8.61 Å². The number of nitrogens with one attached hydrogen (secondary N) is 1. The van der Waals surface area contributed by atoms with E-state index < -0.39 is 26.0 Å². The third-order valence-electron chi connectivity index (χ3n) is 5.52. The van der Waals surface area contributed by atoms with Crippen molar-refractivity contribution in [2.24, 2.45) is 5.92 Å². The molecule has 0 spiro atoms. The number of rotatable bonds is 5. The molecule has 2 saturated heterocycles. The minimum atomic E-state index is -3.80. The zero-order valence-electron chi connectivity index (χ0n) is 16.9. The molecule has 0 aromatic carbocycles. The van der Waals surface area contributed by atoms with Crippen molar-refractivity contribution >= 4 is 26.0 Å². The van der Waals surface area contributed by atoms with Crippen molar-refractivity contribution in [2.75, 3.05) is 32.4 Å². The monoisotopic (exact) mass is 448 g/mol. The predicted molar refractivity (Wildman–Crippen MR) is 105 cm³/mol. The fraction of sp³-hybridized carbons (Fsp3) is 0.765. The highest BCUT2D eigenvalue weighted by molar-refractivity contribution is 7.89. The fourth-order valence-corrected chi connectivity index (χ4v) is 6.75. The van der Waals surface area contributed by atoms with Crippen molar-refractivity contribution in [3.05, 3.63) is 11.5 Å². The quantitative estimate of drug-likeness (QED) is 0.682. The van der Waals surface area contributed by atoms with Gasteiger partial charge in [-0.25, -0.2) is 21.1 Å².